The van der Waals surface area contributed by atoms with Crippen molar-refractivity contribution in [1.82, 2.24) is 10.6 Å². The highest BCUT2D eigenvalue weighted by Crippen LogP contribution is 2.22. The zero-order valence-electron chi connectivity index (χ0n) is 11.0. The van der Waals surface area contributed by atoms with Gasteiger partial charge in [0.15, 0.2) is 0 Å². The van der Waals surface area contributed by atoms with Gasteiger partial charge in [0.2, 0.25) is 5.91 Å². The molecule has 1 aliphatic heterocycles. The highest BCUT2D eigenvalue weighted by Gasteiger charge is 2.27. The fourth-order valence-electron chi connectivity index (χ4n) is 2.36. The molecule has 94 valence electrons. The van der Waals surface area contributed by atoms with Gasteiger partial charge in [0.25, 0.3) is 0 Å². The van der Waals surface area contributed by atoms with Crippen LogP contribution in [0.4, 0.5) is 0 Å². The summed E-state index contributed by atoms with van der Waals surface area (Å²) in [6.07, 6.45) is 2.36. The molecule has 16 heavy (non-hydrogen) atoms. The molecule has 2 N–H and O–H groups in total. The Hall–Kier alpha value is -0.570. The third kappa shape index (κ3) is 3.78. The molecule has 0 aromatic carbocycles. The van der Waals surface area contributed by atoms with E-state index in [9.17, 15) is 4.79 Å². The van der Waals surface area contributed by atoms with E-state index in [1.54, 1.807) is 0 Å². The van der Waals surface area contributed by atoms with E-state index in [0.717, 1.165) is 13.1 Å². The summed E-state index contributed by atoms with van der Waals surface area (Å²) in [7, 11) is 0. The van der Waals surface area contributed by atoms with Crippen LogP contribution in [0.25, 0.3) is 0 Å². The number of rotatable bonds is 4. The van der Waals surface area contributed by atoms with Crippen molar-refractivity contribution in [3.63, 3.8) is 0 Å². The summed E-state index contributed by atoms with van der Waals surface area (Å²) in [6.45, 7) is 10.5. The largest absolute Gasteiger partial charge is 0.353 e. The van der Waals surface area contributed by atoms with Crippen LogP contribution in [0.1, 0.15) is 40.5 Å². The van der Waals surface area contributed by atoms with E-state index >= 15 is 0 Å². The predicted octanol–water partition coefficient (Wildman–Crippen LogP) is 1.78. The van der Waals surface area contributed by atoms with E-state index in [0.29, 0.717) is 17.9 Å². The van der Waals surface area contributed by atoms with Gasteiger partial charge >= 0.3 is 0 Å². The van der Waals surface area contributed by atoms with E-state index in [4.69, 9.17) is 0 Å². The van der Waals surface area contributed by atoms with Crippen molar-refractivity contribution in [1.29, 1.82) is 0 Å². The van der Waals surface area contributed by atoms with Crippen LogP contribution < -0.4 is 10.6 Å². The van der Waals surface area contributed by atoms with Crippen molar-refractivity contribution in [2.24, 2.45) is 17.8 Å². The van der Waals surface area contributed by atoms with Crippen molar-refractivity contribution in [3.05, 3.63) is 0 Å². The molecule has 0 radical (unpaired) electrons. The lowest BCUT2D eigenvalue weighted by molar-refractivity contribution is -0.125. The molecule has 1 unspecified atom stereocenters. The molecule has 0 bridgehead atoms. The van der Waals surface area contributed by atoms with E-state index in [2.05, 4.69) is 24.5 Å². The maximum absolute atomic E-state index is 11.8. The Morgan fingerprint density at radius 1 is 1.19 bits per heavy atom. The second-order valence-electron chi connectivity index (χ2n) is 5.52. The third-order valence-corrected chi connectivity index (χ3v) is 3.44. The third-order valence-electron chi connectivity index (χ3n) is 3.44. The molecular formula is C13H26N2O. The highest BCUT2D eigenvalue weighted by molar-refractivity contribution is 5.78. The van der Waals surface area contributed by atoms with E-state index in [-0.39, 0.29) is 11.8 Å². The molecule has 3 heteroatoms. The quantitative estimate of drug-likeness (QED) is 0.767. The lowest BCUT2D eigenvalue weighted by Gasteiger charge is -2.34. The fraction of sp³-hybridized carbons (Fsp3) is 0.923. The predicted molar refractivity (Wildman–Crippen MR) is 67.2 cm³/mol. The lowest BCUT2D eigenvalue weighted by Crippen LogP contribution is -2.48. The number of carbonyl (C=O) groups excluding carboxylic acids is 1. The van der Waals surface area contributed by atoms with Gasteiger partial charge in [0.1, 0.15) is 0 Å². The summed E-state index contributed by atoms with van der Waals surface area (Å²) in [5.74, 6) is 1.44. The normalized spacial score (nSPS) is 20.1. The zero-order chi connectivity index (χ0) is 12.1. The van der Waals surface area contributed by atoms with Crippen molar-refractivity contribution in [3.8, 4) is 0 Å². The number of hydrogen-bond acceptors (Lipinski definition) is 2. The molecule has 1 aliphatic rings. The number of carbonyl (C=O) groups is 1. The first kappa shape index (κ1) is 13.5. The van der Waals surface area contributed by atoms with Crippen LogP contribution in [-0.4, -0.2) is 25.0 Å². The molecule has 0 spiro atoms. The molecule has 3 nitrogen and oxygen atoms in total. The smallest absolute Gasteiger partial charge is 0.222 e. The summed E-state index contributed by atoms with van der Waals surface area (Å²) in [6, 6.07) is 0.344. The monoisotopic (exact) mass is 226 g/mol. The van der Waals surface area contributed by atoms with Gasteiger partial charge in [-0.05, 0) is 37.8 Å². The number of piperidine rings is 1. The van der Waals surface area contributed by atoms with Gasteiger partial charge in [-0.25, -0.2) is 0 Å². The number of amides is 1. The molecule has 0 aromatic rings. The van der Waals surface area contributed by atoms with Gasteiger partial charge in [0.05, 0.1) is 0 Å². The Labute approximate surface area is 99.4 Å². The minimum absolute atomic E-state index is 0.0861. The van der Waals surface area contributed by atoms with Gasteiger partial charge in [-0.15, -0.1) is 0 Å². The van der Waals surface area contributed by atoms with Gasteiger partial charge in [0, 0.05) is 12.0 Å². The topological polar surface area (TPSA) is 41.1 Å². The van der Waals surface area contributed by atoms with Crippen molar-refractivity contribution in [2.45, 2.75) is 46.6 Å². The first-order chi connectivity index (χ1) is 7.52. The van der Waals surface area contributed by atoms with Crippen molar-refractivity contribution in [2.75, 3.05) is 13.1 Å². The second kappa shape index (κ2) is 6.24. The van der Waals surface area contributed by atoms with Gasteiger partial charge in [-0.3, -0.25) is 4.79 Å². The zero-order valence-corrected chi connectivity index (χ0v) is 11.0. The molecule has 1 fully saturated rings. The fourth-order valence-corrected chi connectivity index (χ4v) is 2.36. The second-order valence-corrected chi connectivity index (χ2v) is 5.52. The summed E-state index contributed by atoms with van der Waals surface area (Å²) in [5, 5.41) is 6.59. The van der Waals surface area contributed by atoms with Crippen LogP contribution in [0.5, 0.6) is 0 Å². The number of nitrogens with one attached hydrogen (secondary N) is 2. The summed E-state index contributed by atoms with van der Waals surface area (Å²) in [5.41, 5.74) is 0. The number of hydrogen-bond donors (Lipinski definition) is 2. The molecule has 1 amide bonds. The molecule has 0 aromatic heterocycles. The van der Waals surface area contributed by atoms with E-state index in [1.807, 2.05) is 13.8 Å². The summed E-state index contributed by atoms with van der Waals surface area (Å²) >= 11 is 0. The summed E-state index contributed by atoms with van der Waals surface area (Å²) < 4.78 is 0. The van der Waals surface area contributed by atoms with Crippen LogP contribution >= 0.6 is 0 Å². The van der Waals surface area contributed by atoms with E-state index < -0.39 is 0 Å². The average Bonchev–Trinajstić information content (AvgIpc) is 2.26. The Balaban J connectivity index is 2.55. The van der Waals surface area contributed by atoms with Gasteiger partial charge in [-0.1, -0.05) is 27.7 Å². The molecule has 1 saturated heterocycles. The summed E-state index contributed by atoms with van der Waals surface area (Å²) in [4.78, 5) is 11.8. The molecular weight excluding hydrogens is 200 g/mol. The molecule has 0 aliphatic carbocycles. The minimum Gasteiger partial charge on any atom is -0.353 e. The van der Waals surface area contributed by atoms with Gasteiger partial charge < -0.3 is 10.6 Å². The first-order valence-corrected chi connectivity index (χ1v) is 6.53. The standard InChI is InChI=1S/C13H26N2O/c1-9(2)12(15-13(16)10(3)4)11-5-7-14-8-6-11/h9-12,14H,5-8H2,1-4H3,(H,15,16). The molecule has 1 atom stereocenters. The van der Waals surface area contributed by atoms with E-state index in [1.165, 1.54) is 12.8 Å². The maximum atomic E-state index is 11.8. The van der Waals surface area contributed by atoms with Crippen molar-refractivity contribution < 1.29 is 4.79 Å². The Bertz CT molecular complexity index is 220. The first-order valence-electron chi connectivity index (χ1n) is 6.53. The average molecular weight is 226 g/mol. The van der Waals surface area contributed by atoms with Crippen LogP contribution in [0.15, 0.2) is 0 Å². The van der Waals surface area contributed by atoms with Crippen molar-refractivity contribution >= 4 is 5.91 Å². The Morgan fingerprint density at radius 3 is 2.19 bits per heavy atom. The SMILES string of the molecule is CC(C)C(=O)NC(C(C)C)C1CCNCC1. The Morgan fingerprint density at radius 2 is 1.75 bits per heavy atom. The molecule has 1 heterocycles. The Kier molecular flexibility index (Phi) is 5.26. The van der Waals surface area contributed by atoms with Crippen LogP contribution in [-0.2, 0) is 4.79 Å². The van der Waals surface area contributed by atoms with Crippen LogP contribution in [0, 0.1) is 17.8 Å². The lowest BCUT2D eigenvalue weighted by atomic mass is 9.83. The molecule has 1 rings (SSSR count). The van der Waals surface area contributed by atoms with Crippen LogP contribution in [0.3, 0.4) is 0 Å². The van der Waals surface area contributed by atoms with Gasteiger partial charge in [-0.2, -0.15) is 0 Å². The van der Waals surface area contributed by atoms with Crippen LogP contribution in [0.2, 0.25) is 0 Å². The minimum atomic E-state index is 0.0861. The highest BCUT2D eigenvalue weighted by atomic mass is 16.1. The molecule has 0 saturated carbocycles. The maximum Gasteiger partial charge on any atom is 0.222 e.